The summed E-state index contributed by atoms with van der Waals surface area (Å²) in [5, 5.41) is 6.11. The lowest BCUT2D eigenvalue weighted by atomic mass is 9.79. The molecule has 1 N–H and O–H groups in total. The van der Waals surface area contributed by atoms with E-state index in [1.54, 1.807) is 0 Å². The lowest BCUT2D eigenvalue weighted by molar-refractivity contribution is 0.662. The first-order chi connectivity index (χ1) is 33.0. The summed E-state index contributed by atoms with van der Waals surface area (Å²) in [6.07, 6.45) is -0.308. The fourth-order valence-electron chi connectivity index (χ4n) is 10.4. The molecule has 0 aromatic heterocycles. The predicted molar refractivity (Wildman–Crippen MR) is 281 cm³/mol. The summed E-state index contributed by atoms with van der Waals surface area (Å²) in [4.78, 5) is 10.2. The van der Waals surface area contributed by atoms with Gasteiger partial charge in [0.15, 0.2) is 5.84 Å². The summed E-state index contributed by atoms with van der Waals surface area (Å²) in [6.45, 7) is 4.72. The van der Waals surface area contributed by atoms with Gasteiger partial charge in [0, 0.05) is 16.5 Å². The van der Waals surface area contributed by atoms with E-state index in [0.717, 1.165) is 28.1 Å². The summed E-state index contributed by atoms with van der Waals surface area (Å²) in [5.74, 6) is 1.51. The van der Waals surface area contributed by atoms with Gasteiger partial charge in [-0.25, -0.2) is 9.98 Å². The Labute approximate surface area is 392 Å². The molecule has 10 aromatic rings. The fraction of sp³-hybridized carbons (Fsp3) is 0.0625. The Morgan fingerprint density at radius 2 is 0.821 bits per heavy atom. The zero-order chi connectivity index (χ0) is 44.9. The average Bonchev–Trinajstić information content (AvgIpc) is 3.64. The van der Waals surface area contributed by atoms with Gasteiger partial charge in [-0.3, -0.25) is 0 Å². The molecule has 12 rings (SSSR count). The lowest BCUT2D eigenvalue weighted by Gasteiger charge is -2.24. The van der Waals surface area contributed by atoms with Crippen molar-refractivity contribution in [3.63, 3.8) is 0 Å². The molecule has 1 atom stereocenters. The van der Waals surface area contributed by atoms with E-state index < -0.39 is 0 Å². The van der Waals surface area contributed by atoms with Gasteiger partial charge in [0.25, 0.3) is 0 Å². The van der Waals surface area contributed by atoms with Crippen molar-refractivity contribution in [1.29, 1.82) is 0 Å². The van der Waals surface area contributed by atoms with E-state index in [1.807, 2.05) is 24.3 Å². The molecule has 2 aliphatic rings. The van der Waals surface area contributed by atoms with Gasteiger partial charge >= 0.3 is 0 Å². The molecule has 1 aliphatic carbocycles. The minimum Gasteiger partial charge on any atom is -0.344 e. The Hall–Kier alpha value is -8.40. The highest BCUT2D eigenvalue weighted by Crippen LogP contribution is 2.52. The summed E-state index contributed by atoms with van der Waals surface area (Å²) in [5.41, 5.74) is 20.6. The van der Waals surface area contributed by atoms with Crippen LogP contribution in [0.15, 0.2) is 247 Å². The van der Waals surface area contributed by atoms with Crippen molar-refractivity contribution < 1.29 is 0 Å². The van der Waals surface area contributed by atoms with E-state index in [0.29, 0.717) is 5.84 Å². The molecule has 0 fully saturated rings. The minimum atomic E-state index is -0.308. The van der Waals surface area contributed by atoms with Crippen molar-refractivity contribution in [2.45, 2.75) is 25.4 Å². The Morgan fingerprint density at radius 3 is 1.54 bits per heavy atom. The van der Waals surface area contributed by atoms with Crippen molar-refractivity contribution in [3.8, 4) is 66.8 Å². The number of nitrogens with zero attached hydrogens (tertiary/aromatic N) is 2. The molecule has 1 heterocycles. The highest BCUT2D eigenvalue weighted by atomic mass is 15.2. The molecule has 3 nitrogen and oxygen atoms in total. The average molecular weight is 858 g/mol. The maximum absolute atomic E-state index is 5.15. The Morgan fingerprint density at radius 1 is 0.358 bits per heavy atom. The van der Waals surface area contributed by atoms with E-state index >= 15 is 0 Å². The molecule has 318 valence electrons. The smallest absolute Gasteiger partial charge is 0.159 e. The zero-order valence-corrected chi connectivity index (χ0v) is 37.5. The van der Waals surface area contributed by atoms with Crippen molar-refractivity contribution in [3.05, 3.63) is 264 Å². The van der Waals surface area contributed by atoms with Crippen LogP contribution >= 0.6 is 0 Å². The molecule has 0 bridgehead atoms. The highest BCUT2D eigenvalue weighted by Gasteiger charge is 2.37. The normalized spacial score (nSPS) is 14.7. The Kier molecular flexibility index (Phi) is 9.91. The third kappa shape index (κ3) is 7.26. The second kappa shape index (κ2) is 16.5. The van der Waals surface area contributed by atoms with Gasteiger partial charge in [0.2, 0.25) is 0 Å². The first-order valence-electron chi connectivity index (χ1n) is 23.2. The molecular formula is C64H47N3. The third-order valence-electron chi connectivity index (χ3n) is 13.8. The molecule has 3 heteroatoms. The van der Waals surface area contributed by atoms with Crippen LogP contribution < -0.4 is 5.32 Å². The largest absolute Gasteiger partial charge is 0.344 e. The first-order valence-corrected chi connectivity index (χ1v) is 23.2. The van der Waals surface area contributed by atoms with Crippen LogP contribution in [-0.2, 0) is 5.41 Å². The molecule has 0 saturated heterocycles. The number of amidine groups is 2. The number of rotatable bonds is 8. The topological polar surface area (TPSA) is 36.8 Å². The monoisotopic (exact) mass is 857 g/mol. The van der Waals surface area contributed by atoms with Crippen LogP contribution in [0, 0.1) is 0 Å². The van der Waals surface area contributed by atoms with E-state index in [9.17, 15) is 0 Å². The molecule has 0 spiro atoms. The van der Waals surface area contributed by atoms with Gasteiger partial charge in [-0.15, -0.1) is 0 Å². The lowest BCUT2D eigenvalue weighted by Crippen LogP contribution is -2.33. The SMILES string of the molecule is CC1(C)c2ccccc2-c2cccc(-c3ccc(-c4cccc(-c5cccc6c(-c7ccc(C8N=C(c9ccccc9)N=C(c9ccc(-c%10ccccc%10)cc9)N8)cc7)cccc56)c4)cc3)c21. The van der Waals surface area contributed by atoms with E-state index in [4.69, 9.17) is 9.98 Å². The van der Waals surface area contributed by atoms with Crippen molar-refractivity contribution >= 4 is 22.4 Å². The van der Waals surface area contributed by atoms with Crippen molar-refractivity contribution in [1.82, 2.24) is 5.32 Å². The van der Waals surface area contributed by atoms with Crippen LogP contribution in [0.2, 0.25) is 0 Å². The second-order valence-electron chi connectivity index (χ2n) is 18.2. The van der Waals surface area contributed by atoms with Crippen LogP contribution in [0.4, 0.5) is 0 Å². The molecule has 1 unspecified atom stereocenters. The number of aliphatic imine (C=N–C) groups is 2. The van der Waals surface area contributed by atoms with Crippen LogP contribution in [0.1, 0.15) is 47.8 Å². The summed E-state index contributed by atoms with van der Waals surface area (Å²) < 4.78 is 0. The molecule has 0 amide bonds. The van der Waals surface area contributed by atoms with E-state index in [1.165, 1.54) is 83.1 Å². The second-order valence-corrected chi connectivity index (χ2v) is 18.2. The number of benzene rings is 10. The summed E-state index contributed by atoms with van der Waals surface area (Å²) in [7, 11) is 0. The summed E-state index contributed by atoms with van der Waals surface area (Å²) in [6, 6.07) is 85.3. The van der Waals surface area contributed by atoms with Crippen molar-refractivity contribution in [2.75, 3.05) is 0 Å². The molecule has 0 saturated carbocycles. The van der Waals surface area contributed by atoms with E-state index in [-0.39, 0.29) is 11.6 Å². The van der Waals surface area contributed by atoms with E-state index in [2.05, 4.69) is 231 Å². The molecule has 10 aromatic carbocycles. The maximum atomic E-state index is 5.15. The summed E-state index contributed by atoms with van der Waals surface area (Å²) >= 11 is 0. The highest BCUT2D eigenvalue weighted by molar-refractivity contribution is 6.13. The standard InChI is InChI=1S/C64H47N3/c1-64(2)59-28-10-9-21-57(59)58-27-14-24-54(60(58)64)46-33-29-44(30-34-46)50-19-11-20-51(41-50)53-23-13-25-55-52(22-12-26-56(53)55)45-35-39-49(40-36-45)63-66-61(47-17-7-4-8-18-47)65-62(67-63)48-37-31-43(32-38-48)42-15-5-3-6-16-42/h3-41,63H,1-2H3,(H,65,66,67). The zero-order valence-electron chi connectivity index (χ0n) is 37.5. The molecule has 67 heavy (non-hydrogen) atoms. The Balaban J connectivity index is 0.824. The van der Waals surface area contributed by atoms with Gasteiger partial charge < -0.3 is 5.32 Å². The number of fused-ring (bicyclic) bond motifs is 4. The predicted octanol–water partition coefficient (Wildman–Crippen LogP) is 16.0. The number of hydrogen-bond donors (Lipinski definition) is 1. The number of nitrogens with one attached hydrogen (secondary N) is 1. The van der Waals surface area contributed by atoms with Crippen molar-refractivity contribution in [2.24, 2.45) is 9.98 Å². The third-order valence-corrected chi connectivity index (χ3v) is 13.8. The van der Waals surface area contributed by atoms with Gasteiger partial charge in [-0.2, -0.15) is 0 Å². The van der Waals surface area contributed by atoms with Crippen LogP contribution in [-0.4, -0.2) is 11.7 Å². The van der Waals surface area contributed by atoms with Crippen LogP contribution in [0.25, 0.3) is 77.5 Å². The van der Waals surface area contributed by atoms with Crippen LogP contribution in [0.3, 0.4) is 0 Å². The van der Waals surface area contributed by atoms with Gasteiger partial charge in [-0.05, 0) is 100 Å². The maximum Gasteiger partial charge on any atom is 0.159 e. The van der Waals surface area contributed by atoms with Crippen LogP contribution in [0.5, 0.6) is 0 Å². The van der Waals surface area contributed by atoms with Gasteiger partial charge in [0.05, 0.1) is 0 Å². The Bertz CT molecular complexity index is 3530. The number of hydrogen-bond acceptors (Lipinski definition) is 3. The quantitative estimate of drug-likeness (QED) is 0.162. The van der Waals surface area contributed by atoms with Gasteiger partial charge in [-0.1, -0.05) is 244 Å². The first kappa shape index (κ1) is 40.1. The molecule has 0 radical (unpaired) electrons. The van der Waals surface area contributed by atoms with Gasteiger partial charge in [0.1, 0.15) is 12.0 Å². The molecular weight excluding hydrogens is 811 g/mol. The fourth-order valence-corrected chi connectivity index (χ4v) is 10.4. The molecule has 1 aliphatic heterocycles. The minimum absolute atomic E-state index is 0.0655.